The number of aryl methyl sites for hydroxylation is 1. The Bertz CT molecular complexity index is 896. The molecule has 0 aliphatic heterocycles. The quantitative estimate of drug-likeness (QED) is 0.329. The molecule has 0 bridgehead atoms. The summed E-state index contributed by atoms with van der Waals surface area (Å²) in [6.07, 6.45) is 0.703. The summed E-state index contributed by atoms with van der Waals surface area (Å²) in [6, 6.07) is 2.41. The first-order valence-corrected chi connectivity index (χ1v) is 12.0. The van der Waals surface area contributed by atoms with Crippen LogP contribution in [0.5, 0.6) is 5.75 Å². The predicted octanol–water partition coefficient (Wildman–Crippen LogP) is 2.67. The van der Waals surface area contributed by atoms with Crippen molar-refractivity contribution in [3.8, 4) is 5.75 Å². The van der Waals surface area contributed by atoms with Crippen LogP contribution in [0.2, 0.25) is 0 Å². The smallest absolute Gasteiger partial charge is 0.408 e. The second-order valence-corrected chi connectivity index (χ2v) is 9.46. The van der Waals surface area contributed by atoms with E-state index in [9.17, 15) is 24.3 Å². The number of hydrogen-bond acceptors (Lipinski definition) is 6. The van der Waals surface area contributed by atoms with Crippen LogP contribution in [-0.4, -0.2) is 58.6 Å². The van der Waals surface area contributed by atoms with Gasteiger partial charge in [0.25, 0.3) is 0 Å². The molecular formula is C25H40N4O6. The molecule has 0 aromatic heterocycles. The number of amides is 4. The lowest BCUT2D eigenvalue weighted by molar-refractivity contribution is -0.143. The molecule has 0 heterocycles. The van der Waals surface area contributed by atoms with Crippen LogP contribution in [0.25, 0.3) is 0 Å². The number of phenols is 1. The number of para-hydroxylation sites is 1. The van der Waals surface area contributed by atoms with Crippen LogP contribution in [0, 0.1) is 6.92 Å². The Kier molecular flexibility index (Phi) is 11.5. The summed E-state index contributed by atoms with van der Waals surface area (Å²) in [4.78, 5) is 52.5. The van der Waals surface area contributed by atoms with Crippen LogP contribution in [0.4, 0.5) is 4.79 Å². The van der Waals surface area contributed by atoms with Crippen molar-refractivity contribution < 1.29 is 29.0 Å². The molecule has 0 saturated carbocycles. The fraction of sp³-hybridized carbons (Fsp3) is 0.600. The number of ether oxygens (including phenoxy) is 1. The zero-order valence-corrected chi connectivity index (χ0v) is 21.6. The number of unbranched alkanes of at least 4 members (excludes halogenated alkanes) is 1. The van der Waals surface area contributed by atoms with Crippen molar-refractivity contribution in [2.75, 3.05) is 13.1 Å². The Morgan fingerprint density at radius 1 is 1.14 bits per heavy atom. The molecule has 0 aliphatic carbocycles. The molecule has 2 atom stereocenters. The lowest BCUT2D eigenvalue weighted by Gasteiger charge is -2.34. The molecule has 0 radical (unpaired) electrons. The zero-order chi connectivity index (χ0) is 26.8. The van der Waals surface area contributed by atoms with Gasteiger partial charge in [0.2, 0.25) is 17.7 Å². The van der Waals surface area contributed by atoms with Crippen LogP contribution < -0.4 is 16.4 Å². The summed E-state index contributed by atoms with van der Waals surface area (Å²) in [5.74, 6) is -2.08. The van der Waals surface area contributed by atoms with Crippen LogP contribution in [0.1, 0.15) is 77.5 Å². The van der Waals surface area contributed by atoms with E-state index in [0.29, 0.717) is 18.5 Å². The van der Waals surface area contributed by atoms with E-state index in [4.69, 9.17) is 10.5 Å². The summed E-state index contributed by atoms with van der Waals surface area (Å²) < 4.78 is 5.24. The lowest BCUT2D eigenvalue weighted by atomic mass is 9.98. The maximum atomic E-state index is 13.7. The van der Waals surface area contributed by atoms with Gasteiger partial charge in [0, 0.05) is 18.7 Å². The molecule has 4 amide bonds. The number of nitrogens with two attached hydrogens (primary N) is 1. The number of carbonyl (C=O) groups is 4. The monoisotopic (exact) mass is 492 g/mol. The van der Waals surface area contributed by atoms with E-state index in [1.165, 1.54) is 4.90 Å². The SMILES string of the molecule is CCCCNC(=O)C(c1cccc(C)c1O)N(CCC)C(=O)C(CC(N)=O)NC(=O)OC(C)(C)C. The molecule has 0 saturated heterocycles. The number of benzene rings is 1. The summed E-state index contributed by atoms with van der Waals surface area (Å²) in [5, 5.41) is 16.0. The summed E-state index contributed by atoms with van der Waals surface area (Å²) in [5.41, 5.74) is 5.31. The molecule has 2 unspecified atom stereocenters. The highest BCUT2D eigenvalue weighted by Gasteiger charge is 2.37. The number of hydrogen-bond donors (Lipinski definition) is 4. The van der Waals surface area contributed by atoms with E-state index >= 15 is 0 Å². The summed E-state index contributed by atoms with van der Waals surface area (Å²) in [7, 11) is 0. The molecule has 10 heteroatoms. The van der Waals surface area contributed by atoms with Crippen molar-refractivity contribution in [1.29, 1.82) is 0 Å². The maximum absolute atomic E-state index is 13.7. The standard InChI is InChI=1S/C25H40N4O6/c1-7-9-13-27-22(32)20(17-12-10-11-16(3)21(17)31)29(14-8-2)23(33)18(15-19(26)30)28-24(34)35-25(4,5)6/h10-12,18,20,31H,7-9,13-15H2,1-6H3,(H2,26,30)(H,27,32)(H,28,34). The summed E-state index contributed by atoms with van der Waals surface area (Å²) >= 11 is 0. The van der Waals surface area contributed by atoms with Crippen molar-refractivity contribution in [2.24, 2.45) is 5.73 Å². The van der Waals surface area contributed by atoms with Gasteiger partial charge in [0.15, 0.2) is 0 Å². The Labute approximate surface area is 207 Å². The Balaban J connectivity index is 3.47. The minimum Gasteiger partial charge on any atom is -0.507 e. The average Bonchev–Trinajstić information content (AvgIpc) is 2.73. The highest BCUT2D eigenvalue weighted by molar-refractivity contribution is 5.94. The first-order chi connectivity index (χ1) is 16.3. The molecule has 0 spiro atoms. The molecule has 196 valence electrons. The third-order valence-corrected chi connectivity index (χ3v) is 5.10. The number of nitrogens with zero attached hydrogens (tertiary/aromatic N) is 1. The van der Waals surface area contributed by atoms with Crippen LogP contribution in [0.15, 0.2) is 18.2 Å². The predicted molar refractivity (Wildman–Crippen MR) is 132 cm³/mol. The second-order valence-electron chi connectivity index (χ2n) is 9.46. The Morgan fingerprint density at radius 2 is 1.80 bits per heavy atom. The largest absolute Gasteiger partial charge is 0.507 e. The number of nitrogens with one attached hydrogen (secondary N) is 2. The van der Waals surface area contributed by atoms with Gasteiger partial charge in [-0.05, 0) is 46.1 Å². The minimum absolute atomic E-state index is 0.108. The number of phenolic OH excluding ortho intramolecular Hbond substituents is 1. The molecule has 0 aliphatic rings. The molecule has 1 rings (SSSR count). The van der Waals surface area contributed by atoms with Gasteiger partial charge in [-0.15, -0.1) is 0 Å². The molecular weight excluding hydrogens is 452 g/mol. The van der Waals surface area contributed by atoms with E-state index < -0.39 is 47.9 Å². The van der Waals surface area contributed by atoms with Crippen molar-refractivity contribution in [3.63, 3.8) is 0 Å². The fourth-order valence-corrected chi connectivity index (χ4v) is 3.50. The lowest BCUT2D eigenvalue weighted by Crippen LogP contribution is -2.54. The van der Waals surface area contributed by atoms with Gasteiger partial charge in [-0.25, -0.2) is 4.79 Å². The molecule has 10 nitrogen and oxygen atoms in total. The summed E-state index contributed by atoms with van der Waals surface area (Å²) in [6.45, 7) is 11.0. The number of primary amides is 1. The van der Waals surface area contributed by atoms with Gasteiger partial charge < -0.3 is 31.1 Å². The van der Waals surface area contributed by atoms with Crippen molar-refractivity contribution in [2.45, 2.75) is 84.9 Å². The van der Waals surface area contributed by atoms with Gasteiger partial charge in [0.05, 0.1) is 6.42 Å². The number of rotatable bonds is 12. The van der Waals surface area contributed by atoms with Crippen molar-refractivity contribution in [1.82, 2.24) is 15.5 Å². The fourth-order valence-electron chi connectivity index (χ4n) is 3.50. The highest BCUT2D eigenvalue weighted by atomic mass is 16.6. The molecule has 0 fully saturated rings. The van der Waals surface area contributed by atoms with Crippen molar-refractivity contribution in [3.05, 3.63) is 29.3 Å². The number of carbonyl (C=O) groups excluding carboxylic acids is 4. The van der Waals surface area contributed by atoms with Gasteiger partial charge in [0.1, 0.15) is 23.4 Å². The Hall–Kier alpha value is -3.30. The number of aromatic hydroxyl groups is 1. The zero-order valence-electron chi connectivity index (χ0n) is 21.6. The third-order valence-electron chi connectivity index (χ3n) is 5.10. The van der Waals surface area contributed by atoms with E-state index in [0.717, 1.165) is 12.8 Å². The molecule has 35 heavy (non-hydrogen) atoms. The molecule has 1 aromatic rings. The van der Waals surface area contributed by atoms with E-state index in [1.807, 2.05) is 13.8 Å². The number of alkyl carbamates (subject to hydrolysis) is 1. The van der Waals surface area contributed by atoms with Crippen LogP contribution >= 0.6 is 0 Å². The van der Waals surface area contributed by atoms with Gasteiger partial charge in [-0.2, -0.15) is 0 Å². The molecule has 1 aromatic carbocycles. The van der Waals surface area contributed by atoms with Crippen molar-refractivity contribution >= 4 is 23.8 Å². The first kappa shape index (κ1) is 29.7. The van der Waals surface area contributed by atoms with Crippen LogP contribution in [-0.2, 0) is 19.1 Å². The topological polar surface area (TPSA) is 151 Å². The minimum atomic E-state index is -1.35. The van der Waals surface area contributed by atoms with E-state index in [-0.39, 0.29) is 17.9 Å². The van der Waals surface area contributed by atoms with E-state index in [2.05, 4.69) is 10.6 Å². The average molecular weight is 493 g/mol. The second kappa shape index (κ2) is 13.6. The van der Waals surface area contributed by atoms with E-state index in [1.54, 1.807) is 45.9 Å². The first-order valence-electron chi connectivity index (χ1n) is 12.0. The maximum Gasteiger partial charge on any atom is 0.408 e. The third kappa shape index (κ3) is 9.46. The van der Waals surface area contributed by atoms with Gasteiger partial charge >= 0.3 is 6.09 Å². The Morgan fingerprint density at radius 3 is 2.34 bits per heavy atom. The molecule has 5 N–H and O–H groups in total. The van der Waals surface area contributed by atoms with Crippen LogP contribution in [0.3, 0.4) is 0 Å². The van der Waals surface area contributed by atoms with Gasteiger partial charge in [-0.3, -0.25) is 14.4 Å². The normalized spacial score (nSPS) is 12.9. The highest BCUT2D eigenvalue weighted by Crippen LogP contribution is 2.32. The van der Waals surface area contributed by atoms with Gasteiger partial charge in [-0.1, -0.05) is 38.5 Å².